The Morgan fingerprint density at radius 2 is 2.67 bits per heavy atom. The van der Waals surface area contributed by atoms with Crippen molar-refractivity contribution in [1.29, 1.82) is 0 Å². The zero-order valence-corrected chi connectivity index (χ0v) is 5.09. The van der Waals surface area contributed by atoms with Gasteiger partial charge in [0, 0.05) is 7.05 Å². The molecule has 0 saturated carbocycles. The van der Waals surface area contributed by atoms with Gasteiger partial charge >= 0.3 is 0 Å². The van der Waals surface area contributed by atoms with Crippen molar-refractivity contribution in [3.63, 3.8) is 0 Å². The Kier molecular flexibility index (Phi) is 1.58. The molecule has 1 aliphatic heterocycles. The van der Waals surface area contributed by atoms with Gasteiger partial charge in [0.05, 0.1) is 6.21 Å². The Labute approximate surface area is 52.7 Å². The van der Waals surface area contributed by atoms with Crippen LogP contribution in [0.3, 0.4) is 0 Å². The molecule has 0 aliphatic carbocycles. The van der Waals surface area contributed by atoms with E-state index < -0.39 is 0 Å². The maximum absolute atomic E-state index is 10.5. The molecule has 0 aromatic carbocycles. The first-order valence-corrected chi connectivity index (χ1v) is 2.59. The molecule has 0 aromatic heterocycles. The van der Waals surface area contributed by atoms with Crippen molar-refractivity contribution >= 4 is 18.0 Å². The van der Waals surface area contributed by atoms with Crippen LogP contribution in [0.5, 0.6) is 0 Å². The Morgan fingerprint density at radius 3 is 3.11 bits per heavy atom. The molecule has 48 valence electrons. The summed E-state index contributed by atoms with van der Waals surface area (Å²) < 4.78 is 0. The fourth-order valence-electron chi connectivity index (χ4n) is 0.543. The molecular weight excluding hydrogens is 118 g/mol. The van der Waals surface area contributed by atoms with E-state index in [-0.39, 0.29) is 12.5 Å². The van der Waals surface area contributed by atoms with E-state index in [9.17, 15) is 4.79 Å². The summed E-state index contributed by atoms with van der Waals surface area (Å²) in [7, 11) is 1.60. The van der Waals surface area contributed by atoms with E-state index in [1.54, 1.807) is 13.3 Å². The van der Waals surface area contributed by atoms with Gasteiger partial charge in [0.2, 0.25) is 5.91 Å². The lowest BCUT2D eigenvalue weighted by molar-refractivity contribution is -0.118. The summed E-state index contributed by atoms with van der Waals surface area (Å²) in [6.45, 7) is 0.221. The molecule has 1 aliphatic rings. The van der Waals surface area contributed by atoms with Crippen molar-refractivity contribution in [1.82, 2.24) is 5.32 Å². The smallest absolute Gasteiger partial charge is 0.247 e. The van der Waals surface area contributed by atoms with Crippen LogP contribution in [-0.4, -0.2) is 31.5 Å². The van der Waals surface area contributed by atoms with Gasteiger partial charge in [0.25, 0.3) is 0 Å². The molecular formula is C5H7N3O. The van der Waals surface area contributed by atoms with E-state index in [0.717, 1.165) is 0 Å². The normalized spacial score (nSPS) is 22.3. The number of hydrogen-bond donors (Lipinski definition) is 1. The minimum atomic E-state index is -0.0990. The lowest BCUT2D eigenvalue weighted by Crippen LogP contribution is -2.36. The van der Waals surface area contributed by atoms with Gasteiger partial charge in [0.15, 0.2) is 0 Å². The van der Waals surface area contributed by atoms with Gasteiger partial charge in [-0.1, -0.05) is 0 Å². The number of nitrogens with one attached hydrogen (secondary N) is 1. The summed E-state index contributed by atoms with van der Waals surface area (Å²) in [6, 6.07) is 0. The zero-order valence-electron chi connectivity index (χ0n) is 5.09. The first-order chi connectivity index (χ1) is 4.33. The molecule has 0 fully saturated rings. The molecule has 1 amide bonds. The summed E-state index contributed by atoms with van der Waals surface area (Å²) in [5, 5.41) is 2.53. The fourth-order valence-corrected chi connectivity index (χ4v) is 0.543. The van der Waals surface area contributed by atoms with Crippen molar-refractivity contribution in [3.8, 4) is 0 Å². The minimum Gasteiger partial charge on any atom is -0.308 e. The second-order valence-electron chi connectivity index (χ2n) is 1.63. The van der Waals surface area contributed by atoms with E-state index in [1.807, 2.05) is 0 Å². The number of amidine groups is 1. The van der Waals surface area contributed by atoms with Crippen LogP contribution in [0.25, 0.3) is 0 Å². The molecule has 9 heavy (non-hydrogen) atoms. The molecule has 4 heteroatoms. The van der Waals surface area contributed by atoms with E-state index in [2.05, 4.69) is 15.3 Å². The van der Waals surface area contributed by atoms with Crippen molar-refractivity contribution < 1.29 is 4.79 Å². The van der Waals surface area contributed by atoms with E-state index >= 15 is 0 Å². The highest BCUT2D eigenvalue weighted by atomic mass is 16.2. The molecule has 0 aromatic rings. The number of hydrogen-bond acceptors (Lipinski definition) is 3. The van der Waals surface area contributed by atoms with E-state index in [4.69, 9.17) is 0 Å². The predicted octanol–water partition coefficient (Wildman–Crippen LogP) is -0.785. The van der Waals surface area contributed by atoms with E-state index in [1.165, 1.54) is 0 Å². The summed E-state index contributed by atoms with van der Waals surface area (Å²) in [4.78, 5) is 18.0. The summed E-state index contributed by atoms with van der Waals surface area (Å²) in [5.74, 6) is 0.435. The summed E-state index contributed by atoms with van der Waals surface area (Å²) >= 11 is 0. The maximum atomic E-state index is 10.5. The van der Waals surface area contributed by atoms with Gasteiger partial charge in [0.1, 0.15) is 12.4 Å². The standard InChI is InChI=1S/C5H7N3O/c1-6-4-2-7-3-5(9)8-4/h2H,3H2,1H3,(H,6,8,9). The molecule has 0 atom stereocenters. The van der Waals surface area contributed by atoms with Crippen molar-refractivity contribution in [2.75, 3.05) is 13.6 Å². The predicted molar refractivity (Wildman–Crippen MR) is 34.9 cm³/mol. The average Bonchev–Trinajstić information content (AvgIpc) is 1.88. The van der Waals surface area contributed by atoms with Crippen LogP contribution in [0.15, 0.2) is 9.98 Å². The van der Waals surface area contributed by atoms with Gasteiger partial charge in [-0.3, -0.25) is 14.8 Å². The quantitative estimate of drug-likeness (QED) is 0.453. The molecule has 1 N–H and O–H groups in total. The number of aliphatic imine (C=N–C) groups is 2. The van der Waals surface area contributed by atoms with Gasteiger partial charge in [-0.15, -0.1) is 0 Å². The number of carbonyl (C=O) groups excluding carboxylic acids is 1. The molecule has 0 radical (unpaired) electrons. The van der Waals surface area contributed by atoms with Gasteiger partial charge in [-0.25, -0.2) is 0 Å². The monoisotopic (exact) mass is 125 g/mol. The molecule has 0 spiro atoms. The molecule has 4 nitrogen and oxygen atoms in total. The first kappa shape index (κ1) is 5.94. The first-order valence-electron chi connectivity index (χ1n) is 2.59. The lowest BCUT2D eigenvalue weighted by atomic mass is 10.4. The van der Waals surface area contributed by atoms with Crippen molar-refractivity contribution in [2.45, 2.75) is 0 Å². The highest BCUT2D eigenvalue weighted by Gasteiger charge is 2.05. The number of carbonyl (C=O) groups is 1. The van der Waals surface area contributed by atoms with Crippen LogP contribution in [0.4, 0.5) is 0 Å². The number of amides is 1. The molecule has 0 saturated heterocycles. The average molecular weight is 125 g/mol. The van der Waals surface area contributed by atoms with Crippen LogP contribution >= 0.6 is 0 Å². The third-order valence-corrected chi connectivity index (χ3v) is 0.957. The van der Waals surface area contributed by atoms with Gasteiger partial charge in [-0.2, -0.15) is 0 Å². The third-order valence-electron chi connectivity index (χ3n) is 0.957. The lowest BCUT2D eigenvalue weighted by Gasteiger charge is -2.05. The Morgan fingerprint density at radius 1 is 1.89 bits per heavy atom. The van der Waals surface area contributed by atoms with Crippen LogP contribution in [-0.2, 0) is 4.79 Å². The molecule has 1 rings (SSSR count). The van der Waals surface area contributed by atoms with Gasteiger partial charge in [-0.05, 0) is 0 Å². The topological polar surface area (TPSA) is 53.8 Å². The maximum Gasteiger partial charge on any atom is 0.247 e. The molecule has 0 unspecified atom stereocenters. The molecule has 1 heterocycles. The second-order valence-corrected chi connectivity index (χ2v) is 1.63. The van der Waals surface area contributed by atoms with Crippen LogP contribution in [0.1, 0.15) is 0 Å². The summed E-state index contributed by atoms with van der Waals surface area (Å²) in [5.41, 5.74) is 0. The number of nitrogens with zero attached hydrogens (tertiary/aromatic N) is 2. The Hall–Kier alpha value is -1.19. The van der Waals surface area contributed by atoms with Gasteiger partial charge < -0.3 is 5.32 Å². The Bertz CT molecular complexity index is 183. The second kappa shape index (κ2) is 2.39. The van der Waals surface area contributed by atoms with Crippen molar-refractivity contribution in [3.05, 3.63) is 0 Å². The highest BCUT2D eigenvalue weighted by molar-refractivity contribution is 6.34. The highest BCUT2D eigenvalue weighted by Crippen LogP contribution is 1.79. The van der Waals surface area contributed by atoms with E-state index in [0.29, 0.717) is 5.84 Å². The SMILES string of the molecule is CN=C1C=NCC(=O)N1. The minimum absolute atomic E-state index is 0.0990. The van der Waals surface area contributed by atoms with Crippen molar-refractivity contribution in [2.24, 2.45) is 9.98 Å². The van der Waals surface area contributed by atoms with Crippen LogP contribution in [0, 0.1) is 0 Å². The summed E-state index contributed by atoms with van der Waals surface area (Å²) in [6.07, 6.45) is 1.54. The Balaban J connectivity index is 2.71. The largest absolute Gasteiger partial charge is 0.308 e. The van der Waals surface area contributed by atoms with Crippen LogP contribution < -0.4 is 5.32 Å². The fraction of sp³-hybridized carbons (Fsp3) is 0.400. The third kappa shape index (κ3) is 1.35. The number of rotatable bonds is 0. The molecule has 0 bridgehead atoms. The zero-order chi connectivity index (χ0) is 6.69. The van der Waals surface area contributed by atoms with Crippen LogP contribution in [0.2, 0.25) is 0 Å².